The molecule has 1 atom stereocenters. The fourth-order valence-corrected chi connectivity index (χ4v) is 3.58. The molecular weight excluding hydrogens is 382 g/mol. The Labute approximate surface area is 173 Å². The van der Waals surface area contributed by atoms with Crippen molar-refractivity contribution in [1.82, 2.24) is 14.7 Å². The summed E-state index contributed by atoms with van der Waals surface area (Å²) in [5.74, 6) is -1.27. The molecule has 2 N–H and O–H groups in total. The van der Waals surface area contributed by atoms with Crippen molar-refractivity contribution in [2.75, 3.05) is 18.1 Å². The van der Waals surface area contributed by atoms with E-state index in [2.05, 4.69) is 15.4 Å². The van der Waals surface area contributed by atoms with Crippen LogP contribution in [-0.4, -0.2) is 45.7 Å². The maximum atomic E-state index is 12.8. The molecule has 3 aromatic rings. The fraction of sp³-hybridized carbons (Fsp3) is 0.273. The van der Waals surface area contributed by atoms with Crippen LogP contribution in [0.15, 0.2) is 47.7 Å². The number of carbonyl (C=O) groups excluding carboxylic acids is 1. The highest BCUT2D eigenvalue weighted by molar-refractivity contribution is 6.01. The molecule has 0 spiro atoms. The largest absolute Gasteiger partial charge is 0.477 e. The molecule has 0 radical (unpaired) electrons. The average molecular weight is 405 g/mol. The Morgan fingerprint density at radius 2 is 2.00 bits per heavy atom. The number of amides is 1. The lowest BCUT2D eigenvalue weighted by Gasteiger charge is -2.16. The number of carboxylic acid groups (broad SMARTS) is 1. The van der Waals surface area contributed by atoms with Crippen molar-refractivity contribution >= 4 is 29.4 Å². The number of nitrogens with zero attached hydrogens (tertiary/aromatic N) is 4. The molecule has 4 rings (SSSR count). The molecule has 154 valence electrons. The number of rotatable bonds is 6. The van der Waals surface area contributed by atoms with Gasteiger partial charge in [-0.25, -0.2) is 9.78 Å². The van der Waals surface area contributed by atoms with Crippen LogP contribution < -0.4 is 10.3 Å². The number of hydrazone groups is 1. The van der Waals surface area contributed by atoms with Crippen LogP contribution in [0.1, 0.15) is 39.0 Å². The second-order valence-electron chi connectivity index (χ2n) is 7.33. The normalized spacial score (nSPS) is 15.7. The molecule has 2 aromatic heterocycles. The molecule has 30 heavy (non-hydrogen) atoms. The van der Waals surface area contributed by atoms with Gasteiger partial charge in [-0.2, -0.15) is 5.10 Å². The third kappa shape index (κ3) is 3.63. The highest BCUT2D eigenvalue weighted by Crippen LogP contribution is 2.21. The second-order valence-corrected chi connectivity index (χ2v) is 7.33. The molecule has 1 unspecified atom stereocenters. The summed E-state index contributed by atoms with van der Waals surface area (Å²) in [6.07, 6.45) is 3.93. The van der Waals surface area contributed by atoms with E-state index in [4.69, 9.17) is 0 Å². The van der Waals surface area contributed by atoms with Crippen LogP contribution in [0.5, 0.6) is 0 Å². The number of aryl methyl sites for hydroxylation is 2. The van der Waals surface area contributed by atoms with E-state index in [1.54, 1.807) is 18.3 Å². The smallest absolute Gasteiger partial charge is 0.354 e. The Balaban J connectivity index is 1.46. The third-order valence-electron chi connectivity index (χ3n) is 5.19. The quantitative estimate of drug-likeness (QED) is 0.657. The Bertz CT molecular complexity index is 1130. The molecule has 0 aliphatic carbocycles. The SMILES string of the molecule is CCc1nc2c(C(=O)NCC3C=NN(c4ccc(C)cc4)C3)cccn2c1C(=O)O. The molecule has 1 aliphatic rings. The van der Waals surface area contributed by atoms with Crippen molar-refractivity contribution in [3.63, 3.8) is 0 Å². The zero-order chi connectivity index (χ0) is 21.3. The first-order valence-electron chi connectivity index (χ1n) is 9.87. The predicted octanol–water partition coefficient (Wildman–Crippen LogP) is 2.76. The zero-order valence-electron chi connectivity index (χ0n) is 16.9. The molecule has 0 bridgehead atoms. The van der Waals surface area contributed by atoms with E-state index >= 15 is 0 Å². The fourth-order valence-electron chi connectivity index (χ4n) is 3.58. The lowest BCUT2D eigenvalue weighted by molar-refractivity contribution is 0.0687. The number of hydrogen-bond acceptors (Lipinski definition) is 5. The van der Waals surface area contributed by atoms with Crippen LogP contribution >= 0.6 is 0 Å². The molecule has 1 amide bonds. The molecular formula is C22H23N5O3. The second kappa shape index (κ2) is 7.98. The predicted molar refractivity (Wildman–Crippen MR) is 114 cm³/mol. The minimum Gasteiger partial charge on any atom is -0.477 e. The van der Waals surface area contributed by atoms with Gasteiger partial charge in [-0.05, 0) is 37.6 Å². The number of hydrogen-bond donors (Lipinski definition) is 2. The lowest BCUT2D eigenvalue weighted by Crippen LogP contribution is -2.32. The van der Waals surface area contributed by atoms with Gasteiger partial charge in [0.05, 0.1) is 23.5 Å². The number of aromatic nitrogens is 2. The van der Waals surface area contributed by atoms with E-state index in [-0.39, 0.29) is 17.5 Å². The number of anilines is 1. The molecule has 1 aliphatic heterocycles. The summed E-state index contributed by atoms with van der Waals surface area (Å²) < 4.78 is 1.46. The van der Waals surface area contributed by atoms with Crippen molar-refractivity contribution < 1.29 is 14.7 Å². The van der Waals surface area contributed by atoms with Crippen LogP contribution in [-0.2, 0) is 6.42 Å². The summed E-state index contributed by atoms with van der Waals surface area (Å²) in [6, 6.07) is 11.5. The van der Waals surface area contributed by atoms with Gasteiger partial charge in [-0.1, -0.05) is 24.6 Å². The van der Waals surface area contributed by atoms with E-state index in [1.807, 2.05) is 49.3 Å². The number of aromatic carboxylic acids is 1. The van der Waals surface area contributed by atoms with Gasteiger partial charge in [0.25, 0.3) is 5.91 Å². The number of imidazole rings is 1. The van der Waals surface area contributed by atoms with Crippen molar-refractivity contribution in [3.8, 4) is 0 Å². The summed E-state index contributed by atoms with van der Waals surface area (Å²) >= 11 is 0. The Hall–Kier alpha value is -3.68. The van der Waals surface area contributed by atoms with Crippen molar-refractivity contribution in [2.24, 2.45) is 11.0 Å². The molecule has 0 saturated heterocycles. The molecule has 0 saturated carbocycles. The molecule has 1 aromatic carbocycles. The number of pyridine rings is 1. The summed E-state index contributed by atoms with van der Waals surface area (Å²) in [4.78, 5) is 28.8. The number of fused-ring (bicyclic) bond motifs is 1. The summed E-state index contributed by atoms with van der Waals surface area (Å²) in [5, 5.41) is 18.8. The van der Waals surface area contributed by atoms with E-state index in [0.29, 0.717) is 36.4 Å². The molecule has 0 fully saturated rings. The van der Waals surface area contributed by atoms with Crippen molar-refractivity contribution in [2.45, 2.75) is 20.3 Å². The van der Waals surface area contributed by atoms with Gasteiger partial charge < -0.3 is 10.4 Å². The van der Waals surface area contributed by atoms with Gasteiger partial charge in [0.2, 0.25) is 0 Å². The topological polar surface area (TPSA) is 99.3 Å². The van der Waals surface area contributed by atoms with Crippen molar-refractivity contribution in [1.29, 1.82) is 0 Å². The zero-order valence-corrected chi connectivity index (χ0v) is 16.9. The van der Waals surface area contributed by atoms with Gasteiger partial charge in [0.1, 0.15) is 0 Å². The first-order valence-corrected chi connectivity index (χ1v) is 9.87. The van der Waals surface area contributed by atoms with Crippen LogP contribution in [0.4, 0.5) is 5.69 Å². The van der Waals surface area contributed by atoms with Gasteiger partial charge in [0, 0.05) is 24.9 Å². The summed E-state index contributed by atoms with van der Waals surface area (Å²) in [5.41, 5.74) is 3.46. The Morgan fingerprint density at radius 1 is 1.23 bits per heavy atom. The number of carbonyl (C=O) groups is 2. The van der Waals surface area contributed by atoms with Gasteiger partial charge >= 0.3 is 5.97 Å². The van der Waals surface area contributed by atoms with E-state index < -0.39 is 5.97 Å². The first kappa shape index (κ1) is 19.6. The summed E-state index contributed by atoms with van der Waals surface area (Å²) in [6.45, 7) is 4.99. The van der Waals surface area contributed by atoms with Crippen LogP contribution in [0.2, 0.25) is 0 Å². The minimum atomic E-state index is -1.06. The maximum Gasteiger partial charge on any atom is 0.354 e. The molecule has 8 heteroatoms. The number of carboxylic acids is 1. The Morgan fingerprint density at radius 3 is 2.70 bits per heavy atom. The van der Waals surface area contributed by atoms with Gasteiger partial charge in [0.15, 0.2) is 11.3 Å². The van der Waals surface area contributed by atoms with Crippen LogP contribution in [0.3, 0.4) is 0 Å². The highest BCUT2D eigenvalue weighted by atomic mass is 16.4. The molecule has 8 nitrogen and oxygen atoms in total. The number of nitrogens with one attached hydrogen (secondary N) is 1. The minimum absolute atomic E-state index is 0.0792. The lowest BCUT2D eigenvalue weighted by atomic mass is 10.1. The van der Waals surface area contributed by atoms with E-state index in [9.17, 15) is 14.7 Å². The van der Waals surface area contributed by atoms with Gasteiger partial charge in [-0.15, -0.1) is 0 Å². The van der Waals surface area contributed by atoms with Crippen LogP contribution in [0, 0.1) is 12.8 Å². The third-order valence-corrected chi connectivity index (χ3v) is 5.19. The highest BCUT2D eigenvalue weighted by Gasteiger charge is 2.23. The van der Waals surface area contributed by atoms with Crippen molar-refractivity contribution in [3.05, 3.63) is 65.1 Å². The average Bonchev–Trinajstić information content (AvgIpc) is 3.36. The number of benzene rings is 1. The monoisotopic (exact) mass is 405 g/mol. The molecule has 3 heterocycles. The van der Waals surface area contributed by atoms with Gasteiger partial charge in [-0.3, -0.25) is 14.2 Å². The Kier molecular flexibility index (Phi) is 5.22. The maximum absolute atomic E-state index is 12.8. The van der Waals surface area contributed by atoms with E-state index in [0.717, 1.165) is 5.69 Å². The standard InChI is InChI=1S/C22H23N5O3/c1-3-18-19(22(29)30)26-10-4-5-17(20(26)25-18)21(28)23-11-15-12-24-27(13-15)16-8-6-14(2)7-9-16/h4-10,12,15H,3,11,13H2,1-2H3,(H,23,28)(H,29,30). The van der Waals surface area contributed by atoms with Crippen LogP contribution in [0.25, 0.3) is 5.65 Å². The first-order chi connectivity index (χ1) is 14.5. The van der Waals surface area contributed by atoms with E-state index in [1.165, 1.54) is 9.96 Å². The summed E-state index contributed by atoms with van der Waals surface area (Å²) in [7, 11) is 0.